The second-order valence-electron chi connectivity index (χ2n) is 1.95. The van der Waals surface area contributed by atoms with Crippen LogP contribution in [-0.4, -0.2) is 12.8 Å². The van der Waals surface area contributed by atoms with Gasteiger partial charge in [0.25, 0.3) is 0 Å². The zero-order valence-electron chi connectivity index (χ0n) is 6.96. The van der Waals surface area contributed by atoms with E-state index < -0.39 is 0 Å². The fraction of sp³-hybridized carbons (Fsp3) is 0.444. The standard InChI is InChI=1S/C9H15N/c1-4-6-7-8-9(5-2)10-3/h4,6-8H,5H2,1-3H3/b6-4?,8-7-,10-9?. The van der Waals surface area contributed by atoms with Crippen LogP contribution in [0.5, 0.6) is 0 Å². The first kappa shape index (κ1) is 9.15. The van der Waals surface area contributed by atoms with Gasteiger partial charge in [0.1, 0.15) is 0 Å². The molecule has 0 aromatic rings. The summed E-state index contributed by atoms with van der Waals surface area (Å²) in [6.07, 6.45) is 9.04. The molecular formula is C9H15N. The summed E-state index contributed by atoms with van der Waals surface area (Å²) in [7, 11) is 1.82. The molecule has 0 aromatic carbocycles. The van der Waals surface area contributed by atoms with Crippen LogP contribution in [0.15, 0.2) is 29.3 Å². The highest BCUT2D eigenvalue weighted by Crippen LogP contribution is 1.87. The van der Waals surface area contributed by atoms with Crippen molar-refractivity contribution in [3.63, 3.8) is 0 Å². The van der Waals surface area contributed by atoms with Crippen LogP contribution in [0.2, 0.25) is 0 Å². The Kier molecular flexibility index (Phi) is 5.74. The topological polar surface area (TPSA) is 12.4 Å². The normalized spacial score (nSPS) is 13.7. The van der Waals surface area contributed by atoms with Crippen LogP contribution in [0.25, 0.3) is 0 Å². The van der Waals surface area contributed by atoms with Crippen molar-refractivity contribution in [1.82, 2.24) is 0 Å². The summed E-state index contributed by atoms with van der Waals surface area (Å²) in [4.78, 5) is 4.07. The Hall–Kier alpha value is -0.850. The molecule has 1 heteroatoms. The smallest absolute Gasteiger partial charge is 0.0342 e. The molecule has 0 atom stereocenters. The first-order valence-corrected chi connectivity index (χ1v) is 3.60. The monoisotopic (exact) mass is 137 g/mol. The molecule has 0 saturated carbocycles. The number of aliphatic imine (C=N–C) groups is 1. The lowest BCUT2D eigenvalue weighted by atomic mass is 10.2. The Labute approximate surface area is 63.2 Å². The molecule has 0 fully saturated rings. The van der Waals surface area contributed by atoms with E-state index in [0.29, 0.717) is 0 Å². The predicted molar refractivity (Wildman–Crippen MR) is 47.6 cm³/mol. The molecule has 0 aliphatic rings. The number of hydrogen-bond donors (Lipinski definition) is 0. The van der Waals surface area contributed by atoms with E-state index in [9.17, 15) is 0 Å². The third-order valence-electron chi connectivity index (χ3n) is 1.24. The van der Waals surface area contributed by atoms with E-state index in [2.05, 4.69) is 11.9 Å². The minimum Gasteiger partial charge on any atom is -0.293 e. The summed E-state index contributed by atoms with van der Waals surface area (Å²) in [6.45, 7) is 4.10. The predicted octanol–water partition coefficient (Wildman–Crippen LogP) is 2.60. The molecule has 0 N–H and O–H groups in total. The Balaban J connectivity index is 3.85. The second kappa shape index (κ2) is 6.27. The Morgan fingerprint density at radius 1 is 1.40 bits per heavy atom. The van der Waals surface area contributed by atoms with Gasteiger partial charge in [0.15, 0.2) is 0 Å². The van der Waals surface area contributed by atoms with Gasteiger partial charge < -0.3 is 0 Å². The molecule has 1 nitrogen and oxygen atoms in total. The Morgan fingerprint density at radius 3 is 2.50 bits per heavy atom. The van der Waals surface area contributed by atoms with Crippen LogP contribution in [-0.2, 0) is 0 Å². The molecule has 10 heavy (non-hydrogen) atoms. The highest BCUT2D eigenvalue weighted by atomic mass is 14.7. The maximum absolute atomic E-state index is 4.07. The lowest BCUT2D eigenvalue weighted by Gasteiger charge is -1.89. The first-order chi connectivity index (χ1) is 4.85. The quantitative estimate of drug-likeness (QED) is 0.419. The number of hydrogen-bond acceptors (Lipinski definition) is 1. The summed E-state index contributed by atoms with van der Waals surface area (Å²) in [5, 5.41) is 0. The minimum atomic E-state index is 1.00. The van der Waals surface area contributed by atoms with Gasteiger partial charge in [0.05, 0.1) is 0 Å². The average Bonchev–Trinajstić information content (AvgIpc) is 1.99. The number of allylic oxidation sites excluding steroid dienone is 4. The molecule has 0 heterocycles. The van der Waals surface area contributed by atoms with Gasteiger partial charge in [-0.3, -0.25) is 4.99 Å². The summed E-state index contributed by atoms with van der Waals surface area (Å²) in [5.41, 5.74) is 1.14. The molecule has 0 aromatic heterocycles. The van der Waals surface area contributed by atoms with Crippen LogP contribution >= 0.6 is 0 Å². The SMILES string of the molecule is CC=C/C=C\C(CC)=NC. The third-order valence-corrected chi connectivity index (χ3v) is 1.24. The molecule has 0 rings (SSSR count). The van der Waals surface area contributed by atoms with Gasteiger partial charge in [0, 0.05) is 12.8 Å². The van der Waals surface area contributed by atoms with Crippen molar-refractivity contribution in [2.75, 3.05) is 7.05 Å². The molecule has 56 valence electrons. The average molecular weight is 137 g/mol. The van der Waals surface area contributed by atoms with Crippen LogP contribution in [0.1, 0.15) is 20.3 Å². The van der Waals surface area contributed by atoms with E-state index >= 15 is 0 Å². The Bertz CT molecular complexity index is 152. The molecule has 0 unspecified atom stereocenters. The van der Waals surface area contributed by atoms with Crippen molar-refractivity contribution < 1.29 is 0 Å². The minimum absolute atomic E-state index is 1.00. The molecule has 0 radical (unpaired) electrons. The van der Waals surface area contributed by atoms with Crippen LogP contribution < -0.4 is 0 Å². The number of rotatable bonds is 3. The van der Waals surface area contributed by atoms with Gasteiger partial charge in [-0.1, -0.05) is 25.2 Å². The van der Waals surface area contributed by atoms with Crippen LogP contribution in [0.4, 0.5) is 0 Å². The molecule has 0 saturated heterocycles. The fourth-order valence-corrected chi connectivity index (χ4v) is 0.628. The first-order valence-electron chi connectivity index (χ1n) is 3.60. The van der Waals surface area contributed by atoms with E-state index in [-0.39, 0.29) is 0 Å². The van der Waals surface area contributed by atoms with Crippen molar-refractivity contribution in [3.8, 4) is 0 Å². The number of nitrogens with zero attached hydrogens (tertiary/aromatic N) is 1. The van der Waals surface area contributed by atoms with Gasteiger partial charge in [-0.05, 0) is 19.4 Å². The lowest BCUT2D eigenvalue weighted by Crippen LogP contribution is -1.87. The molecule has 0 amide bonds. The van der Waals surface area contributed by atoms with Crippen molar-refractivity contribution in [2.24, 2.45) is 4.99 Å². The van der Waals surface area contributed by atoms with Crippen molar-refractivity contribution >= 4 is 5.71 Å². The van der Waals surface area contributed by atoms with Crippen molar-refractivity contribution in [3.05, 3.63) is 24.3 Å². The molecule has 0 spiro atoms. The van der Waals surface area contributed by atoms with E-state index in [1.165, 1.54) is 0 Å². The van der Waals surface area contributed by atoms with Crippen molar-refractivity contribution in [1.29, 1.82) is 0 Å². The highest BCUT2D eigenvalue weighted by Gasteiger charge is 1.82. The Morgan fingerprint density at radius 2 is 2.10 bits per heavy atom. The van der Waals surface area contributed by atoms with E-state index in [4.69, 9.17) is 0 Å². The van der Waals surface area contributed by atoms with E-state index in [0.717, 1.165) is 12.1 Å². The summed E-state index contributed by atoms with van der Waals surface area (Å²) in [5.74, 6) is 0. The zero-order valence-corrected chi connectivity index (χ0v) is 6.96. The maximum Gasteiger partial charge on any atom is 0.0342 e. The van der Waals surface area contributed by atoms with E-state index in [1.807, 2.05) is 38.3 Å². The molecule has 0 aliphatic heterocycles. The summed E-state index contributed by atoms with van der Waals surface area (Å²) >= 11 is 0. The summed E-state index contributed by atoms with van der Waals surface area (Å²) < 4.78 is 0. The second-order valence-corrected chi connectivity index (χ2v) is 1.95. The van der Waals surface area contributed by atoms with Gasteiger partial charge in [-0.25, -0.2) is 0 Å². The largest absolute Gasteiger partial charge is 0.293 e. The third kappa shape index (κ3) is 4.07. The zero-order chi connectivity index (χ0) is 7.82. The lowest BCUT2D eigenvalue weighted by molar-refractivity contribution is 1.26. The molecular weight excluding hydrogens is 122 g/mol. The van der Waals surface area contributed by atoms with E-state index in [1.54, 1.807) is 0 Å². The van der Waals surface area contributed by atoms with Gasteiger partial charge in [0.2, 0.25) is 0 Å². The van der Waals surface area contributed by atoms with Crippen LogP contribution in [0, 0.1) is 0 Å². The van der Waals surface area contributed by atoms with Crippen LogP contribution in [0.3, 0.4) is 0 Å². The highest BCUT2D eigenvalue weighted by molar-refractivity contribution is 5.94. The van der Waals surface area contributed by atoms with Gasteiger partial charge >= 0.3 is 0 Å². The fourth-order valence-electron chi connectivity index (χ4n) is 0.628. The van der Waals surface area contributed by atoms with Gasteiger partial charge in [-0.2, -0.15) is 0 Å². The summed E-state index contributed by atoms with van der Waals surface area (Å²) in [6, 6.07) is 0. The molecule has 0 bridgehead atoms. The molecule has 0 aliphatic carbocycles. The van der Waals surface area contributed by atoms with Gasteiger partial charge in [-0.15, -0.1) is 0 Å². The maximum atomic E-state index is 4.07. The van der Waals surface area contributed by atoms with Crippen molar-refractivity contribution in [2.45, 2.75) is 20.3 Å².